The fourth-order valence-electron chi connectivity index (χ4n) is 4.92. The van der Waals surface area contributed by atoms with E-state index >= 15 is 0 Å². The lowest BCUT2D eigenvalue weighted by Crippen LogP contribution is -2.51. The second-order valence-corrected chi connectivity index (χ2v) is 30.0. The topological polar surface area (TPSA) is 44.8 Å². The van der Waals surface area contributed by atoms with Gasteiger partial charge in [0, 0.05) is 6.42 Å². The number of esters is 1. The third kappa shape index (κ3) is 16.5. The Bertz CT molecular complexity index is 878. The average Bonchev–Trinajstić information content (AvgIpc) is 2.88. The molecular formula is C37H74O4S2Si2. The van der Waals surface area contributed by atoms with Crippen molar-refractivity contribution in [2.75, 3.05) is 11.5 Å². The Balaban J connectivity index is 3.13. The highest BCUT2D eigenvalue weighted by atomic mass is 32.2. The van der Waals surface area contributed by atoms with E-state index in [1.807, 2.05) is 20.8 Å². The van der Waals surface area contributed by atoms with E-state index in [9.17, 15) is 4.79 Å². The number of unbranched alkanes of at least 4 members (excludes halogenated alkanes) is 6. The van der Waals surface area contributed by atoms with Crippen molar-refractivity contribution in [3.05, 3.63) is 12.2 Å². The number of thioether (sulfide) groups is 2. The second-order valence-electron chi connectivity index (χ2n) is 17.3. The van der Waals surface area contributed by atoms with Crippen LogP contribution in [-0.4, -0.2) is 56.0 Å². The molecule has 8 heteroatoms. The van der Waals surface area contributed by atoms with Gasteiger partial charge in [0.05, 0.1) is 16.3 Å². The van der Waals surface area contributed by atoms with Crippen molar-refractivity contribution >= 4 is 46.1 Å². The molecular weight excluding hydrogens is 629 g/mol. The van der Waals surface area contributed by atoms with E-state index in [0.29, 0.717) is 6.42 Å². The van der Waals surface area contributed by atoms with Gasteiger partial charge in [-0.1, -0.05) is 106 Å². The Morgan fingerprint density at radius 1 is 0.778 bits per heavy atom. The van der Waals surface area contributed by atoms with Crippen LogP contribution in [0.1, 0.15) is 146 Å². The molecule has 45 heavy (non-hydrogen) atoms. The number of carbonyl (C=O) groups excluding carboxylic acids is 1. The van der Waals surface area contributed by atoms with Crippen LogP contribution in [0.4, 0.5) is 0 Å². The van der Waals surface area contributed by atoms with Gasteiger partial charge in [-0.3, -0.25) is 4.79 Å². The summed E-state index contributed by atoms with van der Waals surface area (Å²) in [5.74, 6) is 2.38. The van der Waals surface area contributed by atoms with Crippen LogP contribution in [-0.2, 0) is 18.4 Å². The minimum atomic E-state index is -2.04. The van der Waals surface area contributed by atoms with Gasteiger partial charge >= 0.3 is 5.97 Å². The summed E-state index contributed by atoms with van der Waals surface area (Å²) in [4.78, 5) is 12.1. The van der Waals surface area contributed by atoms with E-state index in [4.69, 9.17) is 13.6 Å². The molecule has 0 aliphatic carbocycles. The molecule has 1 rings (SSSR count). The summed E-state index contributed by atoms with van der Waals surface area (Å²) in [6.07, 6.45) is 18.4. The van der Waals surface area contributed by atoms with Gasteiger partial charge in [-0.2, -0.15) is 0 Å². The monoisotopic (exact) mass is 702 g/mol. The molecule has 0 radical (unpaired) electrons. The molecule has 0 unspecified atom stereocenters. The van der Waals surface area contributed by atoms with Crippen LogP contribution in [0.2, 0.25) is 36.3 Å². The van der Waals surface area contributed by atoms with Gasteiger partial charge in [-0.05, 0) is 94.2 Å². The highest BCUT2D eigenvalue weighted by Crippen LogP contribution is 2.48. The number of hydrogen-bond acceptors (Lipinski definition) is 6. The minimum Gasteiger partial charge on any atom is -0.460 e. The maximum Gasteiger partial charge on any atom is 0.306 e. The second kappa shape index (κ2) is 18.9. The van der Waals surface area contributed by atoms with E-state index in [0.717, 1.165) is 19.3 Å². The molecule has 1 fully saturated rings. The summed E-state index contributed by atoms with van der Waals surface area (Å²) in [5, 5.41) is 0.296. The van der Waals surface area contributed by atoms with E-state index in [1.54, 1.807) is 0 Å². The molecule has 0 N–H and O–H groups in total. The van der Waals surface area contributed by atoms with E-state index < -0.39 is 22.2 Å². The minimum absolute atomic E-state index is 0.0234. The Morgan fingerprint density at radius 2 is 1.31 bits per heavy atom. The fourth-order valence-corrected chi connectivity index (χ4v) is 10.8. The highest BCUT2D eigenvalue weighted by Gasteiger charge is 2.44. The summed E-state index contributed by atoms with van der Waals surface area (Å²) in [6, 6.07) is 0. The molecule has 266 valence electrons. The SMILES string of the molecule is CCCCC[C@@H](O[Si](C)(C)C(C)(C)C)[C@@H](/C=C/C1(CCCCCCCC(=O)OC(C)(C)C)SCCCS1)O[Si](C)(C)C(C)(C)C. The van der Waals surface area contributed by atoms with E-state index in [2.05, 4.69) is 110 Å². The third-order valence-corrected chi connectivity index (χ3v) is 22.1. The van der Waals surface area contributed by atoms with Crippen molar-refractivity contribution in [2.45, 2.75) is 204 Å². The largest absolute Gasteiger partial charge is 0.460 e. The van der Waals surface area contributed by atoms with Gasteiger partial charge in [-0.25, -0.2) is 0 Å². The maximum absolute atomic E-state index is 12.1. The normalized spacial score (nSPS) is 18.3. The number of carbonyl (C=O) groups is 1. The third-order valence-electron chi connectivity index (χ3n) is 9.80. The van der Waals surface area contributed by atoms with Crippen LogP contribution in [0.25, 0.3) is 0 Å². The molecule has 1 heterocycles. The summed E-state index contributed by atoms with van der Waals surface area (Å²) in [7, 11) is -4.03. The van der Waals surface area contributed by atoms with Crippen LogP contribution in [0.3, 0.4) is 0 Å². The number of ether oxygens (including phenoxy) is 1. The zero-order valence-corrected chi connectivity index (χ0v) is 35.8. The molecule has 1 saturated heterocycles. The zero-order valence-electron chi connectivity index (χ0n) is 32.2. The first-order valence-corrected chi connectivity index (χ1v) is 25.9. The van der Waals surface area contributed by atoms with Gasteiger partial charge in [0.1, 0.15) is 5.60 Å². The van der Waals surface area contributed by atoms with Crippen molar-refractivity contribution in [1.82, 2.24) is 0 Å². The van der Waals surface area contributed by atoms with Crippen LogP contribution in [0.5, 0.6) is 0 Å². The van der Waals surface area contributed by atoms with Crippen LogP contribution >= 0.6 is 23.5 Å². The fraction of sp³-hybridized carbons (Fsp3) is 0.919. The number of rotatable bonds is 19. The molecule has 0 aromatic carbocycles. The van der Waals surface area contributed by atoms with Gasteiger partial charge in [0.2, 0.25) is 0 Å². The highest BCUT2D eigenvalue weighted by molar-refractivity contribution is 8.19. The van der Waals surface area contributed by atoms with Crippen LogP contribution in [0, 0.1) is 0 Å². The summed E-state index contributed by atoms with van der Waals surface area (Å²) < 4.78 is 20.1. The van der Waals surface area contributed by atoms with Gasteiger partial charge < -0.3 is 13.6 Å². The predicted octanol–water partition coefficient (Wildman–Crippen LogP) is 12.5. The van der Waals surface area contributed by atoms with Crippen molar-refractivity contribution in [2.24, 2.45) is 0 Å². The first kappa shape index (κ1) is 43.3. The van der Waals surface area contributed by atoms with Gasteiger partial charge in [-0.15, -0.1) is 23.5 Å². The summed E-state index contributed by atoms with van der Waals surface area (Å²) in [5.41, 5.74) is -0.393. The maximum atomic E-state index is 12.1. The molecule has 2 atom stereocenters. The van der Waals surface area contributed by atoms with Crippen LogP contribution < -0.4 is 0 Å². The van der Waals surface area contributed by atoms with Gasteiger partial charge in [0.15, 0.2) is 16.6 Å². The smallest absolute Gasteiger partial charge is 0.306 e. The Labute approximate surface area is 291 Å². The van der Waals surface area contributed by atoms with E-state index in [-0.39, 0.29) is 32.3 Å². The lowest BCUT2D eigenvalue weighted by molar-refractivity contribution is -0.154. The van der Waals surface area contributed by atoms with Gasteiger partial charge in [0.25, 0.3) is 0 Å². The molecule has 1 aliphatic heterocycles. The average molecular weight is 703 g/mol. The Morgan fingerprint density at radius 3 is 1.84 bits per heavy atom. The molecule has 1 aliphatic rings. The Hall–Kier alpha value is 0.264. The standard InChI is InChI=1S/C37H74O4S2Si2/c1-15-16-20-24-31(40-44(11,12)35(5,6)7)32(41-45(13,14)36(8,9)10)26-28-37(42-29-23-30-43-37)27-22-19-17-18-21-25-33(38)39-34(2,3)4/h26,28,31-32H,15-25,27,29-30H2,1-14H3/b28-26+/t31-,32-/m1/s1. The molecule has 0 aromatic rings. The molecule has 4 nitrogen and oxygen atoms in total. The first-order valence-electron chi connectivity index (χ1n) is 18.1. The predicted molar refractivity (Wildman–Crippen MR) is 208 cm³/mol. The van der Waals surface area contributed by atoms with E-state index in [1.165, 1.54) is 62.9 Å². The van der Waals surface area contributed by atoms with Crippen molar-refractivity contribution in [3.63, 3.8) is 0 Å². The molecule has 0 amide bonds. The van der Waals surface area contributed by atoms with Crippen molar-refractivity contribution in [1.29, 1.82) is 0 Å². The summed E-state index contributed by atoms with van der Waals surface area (Å²) in [6.45, 7) is 31.8. The van der Waals surface area contributed by atoms with Crippen LogP contribution in [0.15, 0.2) is 12.2 Å². The van der Waals surface area contributed by atoms with Crippen molar-refractivity contribution in [3.8, 4) is 0 Å². The molecule has 0 spiro atoms. The molecule has 0 bridgehead atoms. The lowest BCUT2D eigenvalue weighted by atomic mass is 10.0. The molecule has 0 saturated carbocycles. The quantitative estimate of drug-likeness (QED) is 0.0578. The number of hydrogen-bond donors (Lipinski definition) is 0. The zero-order chi connectivity index (χ0) is 34.6. The van der Waals surface area contributed by atoms with Crippen molar-refractivity contribution < 1.29 is 18.4 Å². The first-order chi connectivity index (χ1) is 20.5. The Kier molecular flexibility index (Phi) is 18.2. The lowest BCUT2D eigenvalue weighted by Gasteiger charge is -2.45. The summed E-state index contributed by atoms with van der Waals surface area (Å²) >= 11 is 4.29. The molecule has 0 aromatic heterocycles.